The number of hydrogen-bond acceptors (Lipinski definition) is 1. The van der Waals surface area contributed by atoms with Crippen LogP contribution in [0.2, 0.25) is 14.8 Å². The van der Waals surface area contributed by atoms with E-state index >= 15 is 0 Å². The topological polar surface area (TPSA) is 23.8 Å². The van der Waals surface area contributed by atoms with Crippen molar-refractivity contribution in [3.63, 3.8) is 0 Å². The molecule has 0 saturated heterocycles. The zero-order chi connectivity index (χ0) is 5.21. The Morgan fingerprint density at radius 3 is 1.50 bits per heavy atom. The fourth-order valence-corrected chi connectivity index (χ4v) is 0. The third kappa shape index (κ3) is 4.29. The van der Waals surface area contributed by atoms with Gasteiger partial charge in [0.05, 0.1) is 0 Å². The minimum atomic E-state index is -1.93. The maximum absolute atomic E-state index is 8.25. The van der Waals surface area contributed by atoms with Crippen molar-refractivity contribution in [2.75, 3.05) is 0 Å². The normalized spacial score (nSPS) is 10.3. The Hall–Kier alpha value is 0.289. The minimum absolute atomic E-state index is 1.93. The van der Waals surface area contributed by atoms with Crippen molar-refractivity contribution in [3.05, 3.63) is 0 Å². The monoisotopic (exact) mass is 191 g/mol. The molecule has 6 heavy (non-hydrogen) atoms. The van der Waals surface area contributed by atoms with Crippen molar-refractivity contribution in [3.8, 4) is 4.09 Å². The van der Waals surface area contributed by atoms with Crippen LogP contribution < -0.4 is 0 Å². The molecule has 0 fully saturated rings. The predicted octanol–water partition coefficient (Wildman–Crippen LogP) is 1.39. The molecule has 0 bridgehead atoms. The van der Waals surface area contributed by atoms with Gasteiger partial charge in [-0.05, 0) is 0 Å². The summed E-state index contributed by atoms with van der Waals surface area (Å²) in [5.74, 6) is 0. The molecule has 0 rings (SSSR count). The van der Waals surface area contributed by atoms with Crippen LogP contribution >= 0.6 is 0 Å². The second-order valence-corrected chi connectivity index (χ2v) is 15.8. The molecule has 0 amide bonds. The SMILES string of the molecule is [CH3][Sn]([CH3])([CH3])[C]#N. The van der Waals surface area contributed by atoms with Crippen molar-refractivity contribution in [2.24, 2.45) is 0 Å². The van der Waals surface area contributed by atoms with E-state index in [0.717, 1.165) is 0 Å². The number of hydrogen-bond donors (Lipinski definition) is 0. The van der Waals surface area contributed by atoms with Crippen molar-refractivity contribution >= 4 is 18.4 Å². The molecule has 2 heteroatoms. The standard InChI is InChI=1S/CN.3CH3.Sn/c1-2;;;;/h;3*1H3;. The van der Waals surface area contributed by atoms with E-state index in [2.05, 4.69) is 18.9 Å². The Kier molecular flexibility index (Phi) is 1.92. The molecule has 0 radical (unpaired) electrons. The molecule has 0 aromatic carbocycles. The molecule has 0 aliphatic carbocycles. The van der Waals surface area contributed by atoms with E-state index in [1.54, 1.807) is 0 Å². The summed E-state index contributed by atoms with van der Waals surface area (Å²) in [6, 6.07) is 0. The average Bonchev–Trinajstić information content (AvgIpc) is 1.35. The molecular weight excluding hydrogens is 181 g/mol. The molecule has 0 saturated carbocycles. The molecule has 0 aromatic heterocycles. The zero-order valence-electron chi connectivity index (χ0n) is 4.45. The summed E-state index contributed by atoms with van der Waals surface area (Å²) in [5, 5.41) is 8.25. The first-order valence-electron chi connectivity index (χ1n) is 1.97. The van der Waals surface area contributed by atoms with Gasteiger partial charge in [0.1, 0.15) is 0 Å². The van der Waals surface area contributed by atoms with E-state index in [1.165, 1.54) is 0 Å². The maximum atomic E-state index is 8.25. The fraction of sp³-hybridized carbons (Fsp3) is 0.750. The second kappa shape index (κ2) is 1.83. The van der Waals surface area contributed by atoms with Gasteiger partial charge in [-0.15, -0.1) is 0 Å². The van der Waals surface area contributed by atoms with Crippen molar-refractivity contribution in [1.29, 1.82) is 5.26 Å². The van der Waals surface area contributed by atoms with E-state index in [-0.39, 0.29) is 0 Å². The Balaban J connectivity index is 3.55. The van der Waals surface area contributed by atoms with Crippen LogP contribution in [0.1, 0.15) is 0 Å². The average molecular weight is 190 g/mol. The van der Waals surface area contributed by atoms with Crippen LogP contribution in [0.15, 0.2) is 0 Å². The summed E-state index contributed by atoms with van der Waals surface area (Å²) < 4.78 is 2.31. The first-order valence-corrected chi connectivity index (χ1v) is 12.0. The molecule has 0 atom stereocenters. The second-order valence-electron chi connectivity index (χ2n) is 2.36. The molecular formula is C4H9NSn. The number of rotatable bonds is 0. The van der Waals surface area contributed by atoms with Crippen molar-refractivity contribution < 1.29 is 0 Å². The van der Waals surface area contributed by atoms with Gasteiger partial charge in [-0.25, -0.2) is 0 Å². The van der Waals surface area contributed by atoms with Crippen molar-refractivity contribution in [2.45, 2.75) is 14.8 Å². The summed E-state index contributed by atoms with van der Waals surface area (Å²) >= 11 is -1.93. The Bertz CT molecular complexity index is 74.5. The van der Waals surface area contributed by atoms with Gasteiger partial charge in [0.15, 0.2) is 0 Å². The van der Waals surface area contributed by atoms with Gasteiger partial charge < -0.3 is 0 Å². The van der Waals surface area contributed by atoms with E-state index in [1.807, 2.05) is 0 Å². The van der Waals surface area contributed by atoms with Crippen LogP contribution in [0.3, 0.4) is 0 Å². The van der Waals surface area contributed by atoms with Gasteiger partial charge in [-0.1, -0.05) is 0 Å². The summed E-state index contributed by atoms with van der Waals surface area (Å²) in [5.41, 5.74) is 0. The molecule has 0 aliphatic heterocycles. The van der Waals surface area contributed by atoms with Gasteiger partial charge in [0.25, 0.3) is 0 Å². The third-order valence-corrected chi connectivity index (χ3v) is 2.25. The molecule has 0 N–H and O–H groups in total. The van der Waals surface area contributed by atoms with E-state index < -0.39 is 18.4 Å². The Morgan fingerprint density at radius 2 is 1.50 bits per heavy atom. The van der Waals surface area contributed by atoms with E-state index in [9.17, 15) is 0 Å². The molecule has 0 aliphatic rings. The van der Waals surface area contributed by atoms with Crippen LogP contribution in [0, 0.1) is 9.35 Å². The molecule has 0 spiro atoms. The van der Waals surface area contributed by atoms with Crippen LogP contribution in [0.25, 0.3) is 0 Å². The number of nitriles is 1. The molecule has 0 unspecified atom stereocenters. The van der Waals surface area contributed by atoms with Gasteiger partial charge in [-0.2, -0.15) is 0 Å². The molecule has 1 nitrogen and oxygen atoms in total. The Labute approximate surface area is 42.8 Å². The van der Waals surface area contributed by atoms with Crippen LogP contribution in [0.5, 0.6) is 0 Å². The van der Waals surface area contributed by atoms with Gasteiger partial charge in [0, 0.05) is 0 Å². The van der Waals surface area contributed by atoms with E-state index in [0.29, 0.717) is 0 Å². The van der Waals surface area contributed by atoms with Gasteiger partial charge >= 0.3 is 42.5 Å². The summed E-state index contributed by atoms with van der Waals surface area (Å²) in [4.78, 5) is 6.28. The Morgan fingerprint density at radius 1 is 1.33 bits per heavy atom. The number of nitrogens with zero attached hydrogens (tertiary/aromatic N) is 1. The first-order chi connectivity index (χ1) is 2.56. The van der Waals surface area contributed by atoms with Gasteiger partial charge in [-0.3, -0.25) is 0 Å². The summed E-state index contributed by atoms with van der Waals surface area (Å²) in [6.45, 7) is 0. The van der Waals surface area contributed by atoms with Crippen molar-refractivity contribution in [1.82, 2.24) is 0 Å². The quantitative estimate of drug-likeness (QED) is 0.529. The predicted molar refractivity (Wildman–Crippen MR) is 29.0 cm³/mol. The first kappa shape index (κ1) is 6.29. The molecule has 34 valence electrons. The summed E-state index contributed by atoms with van der Waals surface area (Å²) in [6.07, 6.45) is 0. The van der Waals surface area contributed by atoms with Crippen LogP contribution in [-0.4, -0.2) is 18.4 Å². The van der Waals surface area contributed by atoms with Crippen LogP contribution in [0.4, 0.5) is 0 Å². The fourth-order valence-electron chi connectivity index (χ4n) is 0. The van der Waals surface area contributed by atoms with E-state index in [4.69, 9.17) is 5.26 Å². The van der Waals surface area contributed by atoms with Gasteiger partial charge in [0.2, 0.25) is 0 Å². The summed E-state index contributed by atoms with van der Waals surface area (Å²) in [7, 11) is 0. The molecule has 0 heterocycles. The van der Waals surface area contributed by atoms with Crippen LogP contribution in [-0.2, 0) is 0 Å². The zero-order valence-corrected chi connectivity index (χ0v) is 7.30. The third-order valence-electron chi connectivity index (χ3n) is 0.335. The molecule has 0 aromatic rings.